The Morgan fingerprint density at radius 3 is 2.65 bits per heavy atom. The number of rotatable bonds is 4. The van der Waals surface area contributed by atoms with Crippen LogP contribution in [-0.4, -0.2) is 11.9 Å². The van der Waals surface area contributed by atoms with Crippen molar-refractivity contribution < 1.29 is 13.9 Å². The number of carbonyl (C=O) groups is 1. The predicted molar refractivity (Wildman–Crippen MR) is 90.4 cm³/mol. The Balaban J connectivity index is 1.70. The topological polar surface area (TPSA) is 38.7 Å². The van der Waals surface area contributed by atoms with Crippen LogP contribution in [0.3, 0.4) is 0 Å². The molecule has 3 rings (SSSR count). The van der Waals surface area contributed by atoms with Crippen molar-refractivity contribution in [2.45, 2.75) is 12.8 Å². The molecule has 0 fully saturated rings. The van der Waals surface area contributed by atoms with Crippen LogP contribution in [-0.2, 0) is 16.0 Å². The first-order valence-electron chi connectivity index (χ1n) is 7.11. The van der Waals surface area contributed by atoms with Crippen molar-refractivity contribution in [3.63, 3.8) is 0 Å². The molecule has 0 aliphatic carbocycles. The van der Waals surface area contributed by atoms with E-state index in [0.29, 0.717) is 18.7 Å². The number of esters is 1. The van der Waals surface area contributed by atoms with Gasteiger partial charge in [0.05, 0.1) is 0 Å². The third-order valence-corrected chi connectivity index (χ3v) is 3.88. The third-order valence-electron chi connectivity index (χ3n) is 3.35. The van der Waals surface area contributed by atoms with Crippen LogP contribution in [0.15, 0.2) is 63.7 Å². The number of halogens is 2. The Morgan fingerprint density at radius 2 is 1.91 bits per heavy atom. The summed E-state index contributed by atoms with van der Waals surface area (Å²) in [5, 5.41) is 0. The van der Waals surface area contributed by atoms with Gasteiger partial charge in [-0.2, -0.15) is 0 Å². The van der Waals surface area contributed by atoms with Crippen LogP contribution in [0.4, 0.5) is 4.39 Å². The molecule has 1 aliphatic rings. The zero-order valence-electron chi connectivity index (χ0n) is 12.1. The van der Waals surface area contributed by atoms with Gasteiger partial charge in [-0.15, -0.1) is 0 Å². The van der Waals surface area contributed by atoms with Gasteiger partial charge < -0.3 is 4.74 Å². The molecule has 1 aliphatic heterocycles. The lowest BCUT2D eigenvalue weighted by atomic mass is 10.1. The van der Waals surface area contributed by atoms with Gasteiger partial charge in [0.2, 0.25) is 0 Å². The molecule has 0 saturated heterocycles. The van der Waals surface area contributed by atoms with Crippen LogP contribution in [0.1, 0.15) is 17.5 Å². The van der Waals surface area contributed by atoms with Crippen LogP contribution < -0.4 is 0 Å². The molecule has 0 atom stereocenters. The normalized spacial score (nSPS) is 15.7. The molecule has 0 spiro atoms. The number of hydrogen-bond acceptors (Lipinski definition) is 3. The van der Waals surface area contributed by atoms with Gasteiger partial charge in [-0.1, -0.05) is 40.2 Å². The molecule has 5 heteroatoms. The lowest BCUT2D eigenvalue weighted by Gasteiger charge is -2.00. The van der Waals surface area contributed by atoms with Gasteiger partial charge in [0, 0.05) is 10.9 Å². The average molecular weight is 374 g/mol. The van der Waals surface area contributed by atoms with Crippen molar-refractivity contribution in [3.8, 4) is 0 Å². The fraction of sp³-hybridized carbons (Fsp3) is 0.111. The maximum Gasteiger partial charge on any atom is 0.363 e. The summed E-state index contributed by atoms with van der Waals surface area (Å²) >= 11 is 3.36. The summed E-state index contributed by atoms with van der Waals surface area (Å²) in [6.45, 7) is 0. The Bertz CT molecular complexity index is 797. The minimum Gasteiger partial charge on any atom is -0.407 e. The van der Waals surface area contributed by atoms with Crippen molar-refractivity contribution in [3.05, 3.63) is 75.6 Å². The van der Waals surface area contributed by atoms with Crippen LogP contribution in [0.2, 0.25) is 0 Å². The minimum absolute atomic E-state index is 0.274. The summed E-state index contributed by atoms with van der Waals surface area (Å²) in [5.74, 6) is -0.367. The Hall–Kier alpha value is -2.27. The molecule has 0 bridgehead atoms. The number of benzene rings is 2. The van der Waals surface area contributed by atoms with E-state index in [0.717, 1.165) is 15.6 Å². The highest BCUT2D eigenvalue weighted by Gasteiger charge is 2.22. The number of nitrogens with zero attached hydrogens (tertiary/aromatic N) is 1. The SMILES string of the molecule is O=C1OC(CCc2cccc(F)c2)=N/C1=C/c1ccc(Br)cc1. The number of carbonyl (C=O) groups excluding carboxylic acids is 1. The lowest BCUT2D eigenvalue weighted by molar-refractivity contribution is -0.130. The summed E-state index contributed by atoms with van der Waals surface area (Å²) in [6, 6.07) is 13.9. The summed E-state index contributed by atoms with van der Waals surface area (Å²) < 4.78 is 19.3. The van der Waals surface area contributed by atoms with Gasteiger partial charge in [0.15, 0.2) is 11.6 Å². The second-order valence-electron chi connectivity index (χ2n) is 5.11. The standard InChI is InChI=1S/C18H13BrFNO2/c19-14-7-4-13(5-8-14)11-16-18(22)23-17(21-16)9-6-12-2-1-3-15(20)10-12/h1-5,7-8,10-11H,6,9H2/b16-11+. The number of ether oxygens (including phenoxy) is 1. The summed E-state index contributed by atoms with van der Waals surface area (Å²) in [5.41, 5.74) is 1.99. The monoisotopic (exact) mass is 373 g/mol. The van der Waals surface area contributed by atoms with Crippen molar-refractivity contribution in [1.29, 1.82) is 0 Å². The van der Waals surface area contributed by atoms with Crippen molar-refractivity contribution in [2.24, 2.45) is 4.99 Å². The van der Waals surface area contributed by atoms with E-state index in [1.807, 2.05) is 30.3 Å². The number of cyclic esters (lactones) is 1. The molecule has 0 N–H and O–H groups in total. The molecule has 23 heavy (non-hydrogen) atoms. The lowest BCUT2D eigenvalue weighted by Crippen LogP contribution is -2.05. The van der Waals surface area contributed by atoms with Crippen molar-refractivity contribution >= 4 is 33.9 Å². The Kier molecular flexibility index (Phi) is 4.67. The van der Waals surface area contributed by atoms with E-state index in [1.54, 1.807) is 12.1 Å². The summed E-state index contributed by atoms with van der Waals surface area (Å²) in [6.07, 6.45) is 2.70. The quantitative estimate of drug-likeness (QED) is 0.583. The smallest absolute Gasteiger partial charge is 0.363 e. The molecule has 0 amide bonds. The Labute approximate surface area is 141 Å². The van der Waals surface area contributed by atoms with Gasteiger partial charge in [-0.05, 0) is 47.9 Å². The van der Waals surface area contributed by atoms with Crippen molar-refractivity contribution in [2.75, 3.05) is 0 Å². The van der Waals surface area contributed by atoms with Crippen molar-refractivity contribution in [1.82, 2.24) is 0 Å². The van der Waals surface area contributed by atoms with Crippen LogP contribution >= 0.6 is 15.9 Å². The second kappa shape index (κ2) is 6.87. The highest BCUT2D eigenvalue weighted by Crippen LogP contribution is 2.19. The fourth-order valence-electron chi connectivity index (χ4n) is 2.22. The maximum atomic E-state index is 13.1. The van der Waals surface area contributed by atoms with Gasteiger partial charge in [-0.25, -0.2) is 14.2 Å². The zero-order valence-corrected chi connectivity index (χ0v) is 13.7. The molecule has 0 radical (unpaired) electrons. The molecular weight excluding hydrogens is 361 g/mol. The molecule has 2 aromatic rings. The highest BCUT2D eigenvalue weighted by atomic mass is 79.9. The number of hydrogen-bond donors (Lipinski definition) is 0. The molecule has 3 nitrogen and oxygen atoms in total. The molecule has 2 aromatic carbocycles. The molecule has 0 aromatic heterocycles. The van der Waals surface area contributed by atoms with E-state index in [-0.39, 0.29) is 11.5 Å². The van der Waals surface area contributed by atoms with E-state index >= 15 is 0 Å². The van der Waals surface area contributed by atoms with Gasteiger partial charge in [0.25, 0.3) is 0 Å². The molecule has 116 valence electrons. The third kappa shape index (κ3) is 4.13. The van der Waals surface area contributed by atoms with E-state index in [4.69, 9.17) is 4.74 Å². The predicted octanol–water partition coefficient (Wildman–Crippen LogP) is 4.52. The first-order valence-corrected chi connectivity index (χ1v) is 7.91. The highest BCUT2D eigenvalue weighted by molar-refractivity contribution is 9.10. The molecule has 1 heterocycles. The minimum atomic E-state index is -0.456. The van der Waals surface area contributed by atoms with E-state index in [2.05, 4.69) is 20.9 Å². The zero-order chi connectivity index (χ0) is 16.2. The Morgan fingerprint density at radius 1 is 1.13 bits per heavy atom. The van der Waals surface area contributed by atoms with Crippen LogP contribution in [0, 0.1) is 5.82 Å². The van der Waals surface area contributed by atoms with Crippen LogP contribution in [0.5, 0.6) is 0 Å². The second-order valence-corrected chi connectivity index (χ2v) is 6.02. The van der Waals surface area contributed by atoms with E-state index in [9.17, 15) is 9.18 Å². The first-order chi connectivity index (χ1) is 11.1. The largest absolute Gasteiger partial charge is 0.407 e. The number of aliphatic imine (C=N–C) groups is 1. The molecule has 0 saturated carbocycles. The van der Waals surface area contributed by atoms with Gasteiger partial charge >= 0.3 is 5.97 Å². The summed E-state index contributed by atoms with van der Waals surface area (Å²) in [7, 11) is 0. The summed E-state index contributed by atoms with van der Waals surface area (Å²) in [4.78, 5) is 16.1. The van der Waals surface area contributed by atoms with Gasteiger partial charge in [-0.3, -0.25) is 0 Å². The van der Waals surface area contributed by atoms with Gasteiger partial charge in [0.1, 0.15) is 5.82 Å². The molecular formula is C18H13BrFNO2. The first kappa shape index (κ1) is 15.6. The average Bonchev–Trinajstić information content (AvgIpc) is 2.88. The van der Waals surface area contributed by atoms with Crippen LogP contribution in [0.25, 0.3) is 6.08 Å². The fourth-order valence-corrected chi connectivity index (χ4v) is 2.49. The maximum absolute atomic E-state index is 13.1. The van der Waals surface area contributed by atoms with E-state index < -0.39 is 5.97 Å². The molecule has 0 unspecified atom stereocenters. The number of aryl methyl sites for hydroxylation is 1. The van der Waals surface area contributed by atoms with E-state index in [1.165, 1.54) is 12.1 Å².